The number of benzene rings is 2. The molecule has 0 spiro atoms. The van der Waals surface area contributed by atoms with Crippen molar-refractivity contribution in [2.75, 3.05) is 0 Å². The molecule has 8 heteroatoms. The Hall–Kier alpha value is -2.74. The SMILES string of the molecule is O=C(NS(=O)(=O)Cc1ccc([N+](=O)[O-])cc1)C1(c2ccccc2)CCC1. The molecular weight excluding hydrogens is 356 g/mol. The minimum absolute atomic E-state index is 0.118. The predicted octanol–water partition coefficient (Wildman–Crippen LogP) is 2.66. The summed E-state index contributed by atoms with van der Waals surface area (Å²) in [6.45, 7) is 0. The molecule has 0 saturated heterocycles. The molecule has 2 aromatic carbocycles. The van der Waals surface area contributed by atoms with E-state index in [-0.39, 0.29) is 5.69 Å². The van der Waals surface area contributed by atoms with Crippen LogP contribution in [0.5, 0.6) is 0 Å². The van der Waals surface area contributed by atoms with Gasteiger partial charge in [-0.05, 0) is 24.0 Å². The normalized spacial score (nSPS) is 15.7. The maximum Gasteiger partial charge on any atom is 0.269 e. The number of nitrogens with one attached hydrogen (secondary N) is 1. The van der Waals surface area contributed by atoms with Gasteiger partial charge in [0, 0.05) is 12.1 Å². The molecule has 0 radical (unpaired) electrons. The number of carbonyl (C=O) groups is 1. The first kappa shape index (κ1) is 18.1. The number of non-ortho nitro benzene ring substituents is 1. The Balaban J connectivity index is 1.74. The highest BCUT2D eigenvalue weighted by molar-refractivity contribution is 7.89. The summed E-state index contributed by atoms with van der Waals surface area (Å²) in [5.41, 5.74) is 0.268. The van der Waals surface area contributed by atoms with Crippen molar-refractivity contribution in [1.82, 2.24) is 4.72 Å². The van der Waals surface area contributed by atoms with Gasteiger partial charge in [-0.2, -0.15) is 0 Å². The van der Waals surface area contributed by atoms with Crippen LogP contribution in [0.15, 0.2) is 54.6 Å². The van der Waals surface area contributed by atoms with Crippen LogP contribution in [0.1, 0.15) is 30.4 Å². The zero-order valence-corrected chi connectivity index (χ0v) is 14.7. The van der Waals surface area contributed by atoms with Crippen molar-refractivity contribution >= 4 is 21.6 Å². The molecule has 1 N–H and O–H groups in total. The Morgan fingerprint density at radius 2 is 1.69 bits per heavy atom. The Morgan fingerprint density at radius 1 is 1.08 bits per heavy atom. The zero-order chi connectivity index (χ0) is 18.8. The molecule has 0 heterocycles. The molecule has 0 aromatic heterocycles. The van der Waals surface area contributed by atoms with E-state index in [1.807, 2.05) is 30.3 Å². The number of nitrogens with zero attached hydrogens (tertiary/aromatic N) is 1. The summed E-state index contributed by atoms with van der Waals surface area (Å²) in [7, 11) is -3.90. The van der Waals surface area contributed by atoms with Crippen LogP contribution in [0.4, 0.5) is 5.69 Å². The Morgan fingerprint density at radius 3 is 2.19 bits per heavy atom. The van der Waals surface area contributed by atoms with Gasteiger partial charge in [0.15, 0.2) is 0 Å². The van der Waals surface area contributed by atoms with E-state index < -0.39 is 32.0 Å². The standard InChI is InChI=1S/C18H18N2O5S/c21-17(18(11-4-12-18)15-5-2-1-3-6-15)19-26(24,25)13-14-7-9-16(10-8-14)20(22)23/h1-3,5-10H,4,11-13H2,(H,19,21). The third-order valence-corrected chi connectivity index (χ3v) is 5.93. The topological polar surface area (TPSA) is 106 Å². The molecule has 3 rings (SSSR count). The molecule has 1 saturated carbocycles. The van der Waals surface area contributed by atoms with E-state index in [1.165, 1.54) is 24.3 Å². The maximum absolute atomic E-state index is 12.7. The summed E-state index contributed by atoms with van der Waals surface area (Å²) >= 11 is 0. The molecule has 0 bridgehead atoms. The molecule has 1 aliphatic rings. The molecule has 1 aliphatic carbocycles. The van der Waals surface area contributed by atoms with Crippen LogP contribution in [-0.2, 0) is 26.0 Å². The van der Waals surface area contributed by atoms with Crippen LogP contribution in [0.3, 0.4) is 0 Å². The third-order valence-electron chi connectivity index (χ3n) is 4.72. The van der Waals surface area contributed by atoms with Gasteiger partial charge in [-0.15, -0.1) is 0 Å². The van der Waals surface area contributed by atoms with E-state index in [0.717, 1.165) is 12.0 Å². The van der Waals surface area contributed by atoms with Gasteiger partial charge in [0.05, 0.1) is 16.1 Å². The minimum Gasteiger partial charge on any atom is -0.273 e. The second-order valence-corrected chi connectivity index (χ2v) is 8.14. The van der Waals surface area contributed by atoms with Crippen LogP contribution in [-0.4, -0.2) is 19.2 Å². The van der Waals surface area contributed by atoms with E-state index in [0.29, 0.717) is 18.4 Å². The number of sulfonamides is 1. The molecule has 7 nitrogen and oxygen atoms in total. The van der Waals surface area contributed by atoms with Crippen molar-refractivity contribution in [2.45, 2.75) is 30.4 Å². The molecule has 0 aliphatic heterocycles. The number of hydrogen-bond donors (Lipinski definition) is 1. The molecule has 136 valence electrons. The van der Waals surface area contributed by atoms with Gasteiger partial charge in [0.25, 0.3) is 5.69 Å². The van der Waals surface area contributed by atoms with Gasteiger partial charge >= 0.3 is 0 Å². The fourth-order valence-corrected chi connectivity index (χ4v) is 4.32. The van der Waals surface area contributed by atoms with Crippen LogP contribution in [0.2, 0.25) is 0 Å². The van der Waals surface area contributed by atoms with Crippen LogP contribution in [0.25, 0.3) is 0 Å². The summed E-state index contributed by atoms with van der Waals surface area (Å²) in [5, 5.41) is 10.7. The fraction of sp³-hybridized carbons (Fsp3) is 0.278. The summed E-state index contributed by atoms with van der Waals surface area (Å²) < 4.78 is 26.9. The van der Waals surface area contributed by atoms with Crippen LogP contribution < -0.4 is 4.72 Å². The van der Waals surface area contributed by atoms with E-state index in [9.17, 15) is 23.3 Å². The van der Waals surface area contributed by atoms with E-state index in [4.69, 9.17) is 0 Å². The summed E-state index contributed by atoms with van der Waals surface area (Å²) in [6, 6.07) is 14.4. The Labute approximate surface area is 151 Å². The minimum atomic E-state index is -3.90. The molecule has 0 atom stereocenters. The third kappa shape index (κ3) is 3.60. The number of carbonyl (C=O) groups excluding carboxylic acids is 1. The highest BCUT2D eigenvalue weighted by Crippen LogP contribution is 2.44. The molecule has 0 unspecified atom stereocenters. The second-order valence-electron chi connectivity index (χ2n) is 6.42. The largest absolute Gasteiger partial charge is 0.273 e. The summed E-state index contributed by atoms with van der Waals surface area (Å²) in [6.07, 6.45) is 2.08. The average Bonchev–Trinajstić information content (AvgIpc) is 2.54. The van der Waals surface area contributed by atoms with Crippen molar-refractivity contribution in [3.63, 3.8) is 0 Å². The van der Waals surface area contributed by atoms with E-state index >= 15 is 0 Å². The molecule has 26 heavy (non-hydrogen) atoms. The van der Waals surface area contributed by atoms with Gasteiger partial charge < -0.3 is 0 Å². The quantitative estimate of drug-likeness (QED) is 0.618. The highest BCUT2D eigenvalue weighted by atomic mass is 32.2. The Kier molecular flexibility index (Phi) is 4.78. The van der Waals surface area contributed by atoms with E-state index in [2.05, 4.69) is 4.72 Å². The number of rotatable bonds is 6. The lowest BCUT2D eigenvalue weighted by atomic mass is 9.64. The number of amides is 1. The number of nitro groups is 1. The van der Waals surface area contributed by atoms with Crippen molar-refractivity contribution in [3.8, 4) is 0 Å². The molecule has 2 aromatic rings. The van der Waals surface area contributed by atoms with Crippen molar-refractivity contribution in [3.05, 3.63) is 75.8 Å². The first-order valence-corrected chi connectivity index (χ1v) is 9.81. The second kappa shape index (κ2) is 6.87. The van der Waals surface area contributed by atoms with Crippen molar-refractivity contribution < 1.29 is 18.1 Å². The van der Waals surface area contributed by atoms with Gasteiger partial charge in [-0.1, -0.05) is 48.9 Å². The van der Waals surface area contributed by atoms with Gasteiger partial charge in [-0.25, -0.2) is 8.42 Å². The fourth-order valence-electron chi connectivity index (χ4n) is 3.14. The smallest absolute Gasteiger partial charge is 0.269 e. The van der Waals surface area contributed by atoms with Crippen molar-refractivity contribution in [2.24, 2.45) is 0 Å². The number of hydrogen-bond acceptors (Lipinski definition) is 5. The monoisotopic (exact) mass is 374 g/mol. The Bertz CT molecular complexity index is 920. The van der Waals surface area contributed by atoms with Crippen LogP contribution >= 0.6 is 0 Å². The summed E-state index contributed by atoms with van der Waals surface area (Å²) in [4.78, 5) is 22.8. The summed E-state index contributed by atoms with van der Waals surface area (Å²) in [5.74, 6) is -0.932. The van der Waals surface area contributed by atoms with Crippen LogP contribution in [0, 0.1) is 10.1 Å². The number of nitro benzene ring substituents is 1. The lowest BCUT2D eigenvalue weighted by Crippen LogP contribution is -2.51. The lowest BCUT2D eigenvalue weighted by Gasteiger charge is -2.40. The first-order valence-electron chi connectivity index (χ1n) is 8.16. The maximum atomic E-state index is 12.7. The molecule has 1 amide bonds. The predicted molar refractivity (Wildman–Crippen MR) is 95.8 cm³/mol. The van der Waals surface area contributed by atoms with E-state index in [1.54, 1.807) is 0 Å². The molecule has 1 fully saturated rings. The lowest BCUT2D eigenvalue weighted by molar-refractivity contribution is -0.384. The first-order chi connectivity index (χ1) is 12.3. The molecular formula is C18H18N2O5S. The van der Waals surface area contributed by atoms with Gasteiger partial charge in [0.1, 0.15) is 0 Å². The average molecular weight is 374 g/mol. The van der Waals surface area contributed by atoms with Crippen molar-refractivity contribution in [1.29, 1.82) is 0 Å². The highest BCUT2D eigenvalue weighted by Gasteiger charge is 2.46. The zero-order valence-electron chi connectivity index (χ0n) is 13.9. The van der Waals surface area contributed by atoms with Gasteiger partial charge in [0.2, 0.25) is 15.9 Å². The van der Waals surface area contributed by atoms with Gasteiger partial charge in [-0.3, -0.25) is 19.6 Å².